The number of phenolic OH excluding ortho intramolecular Hbond substituents is 1. The number of aryl methyl sites for hydroxylation is 1. The molecule has 0 saturated carbocycles. The van der Waals surface area contributed by atoms with Crippen LogP contribution in [0.3, 0.4) is 0 Å². The third kappa shape index (κ3) is 4.93. The summed E-state index contributed by atoms with van der Waals surface area (Å²) in [5.74, 6) is -0.0288. The van der Waals surface area contributed by atoms with Gasteiger partial charge in [-0.25, -0.2) is 14.7 Å². The normalized spacial score (nSPS) is 17.4. The molecule has 10 heteroatoms. The summed E-state index contributed by atoms with van der Waals surface area (Å²) < 4.78 is 27.8. The average molecular weight is 496 g/mol. The lowest BCUT2D eigenvalue weighted by Crippen LogP contribution is -2.41. The number of rotatable bonds is 5. The number of hydrogen-bond donors (Lipinski definition) is 3. The second-order valence-corrected chi connectivity index (χ2v) is 11.3. The summed E-state index contributed by atoms with van der Waals surface area (Å²) >= 11 is 0. The smallest absolute Gasteiger partial charge is 0.281 e. The van der Waals surface area contributed by atoms with Crippen LogP contribution in [0, 0.1) is 12.8 Å². The number of hydrogen-bond acceptors (Lipinski definition) is 8. The van der Waals surface area contributed by atoms with Crippen molar-refractivity contribution in [2.75, 3.05) is 17.2 Å². The Bertz CT molecular complexity index is 1400. The molecule has 184 valence electrons. The molecular weight excluding hydrogens is 466 g/mol. The number of nitrogens with two attached hydrogens (primary N) is 1. The first-order valence-corrected chi connectivity index (χ1v) is 12.7. The molecule has 4 N–H and O–H groups in total. The highest BCUT2D eigenvalue weighted by Gasteiger charge is 2.39. The predicted octanol–water partition coefficient (Wildman–Crippen LogP) is 3.48. The van der Waals surface area contributed by atoms with Crippen LogP contribution in [0.5, 0.6) is 5.75 Å². The number of amides is 1. The van der Waals surface area contributed by atoms with Gasteiger partial charge in [-0.15, -0.1) is 0 Å². The number of pyridine rings is 2. The molecule has 0 spiro atoms. The van der Waals surface area contributed by atoms with Gasteiger partial charge in [0, 0.05) is 17.6 Å². The van der Waals surface area contributed by atoms with E-state index in [0.717, 1.165) is 12.0 Å². The van der Waals surface area contributed by atoms with Gasteiger partial charge in [0.25, 0.3) is 15.9 Å². The van der Waals surface area contributed by atoms with Crippen LogP contribution in [-0.2, 0) is 10.0 Å². The molecule has 3 heterocycles. The third-order valence-electron chi connectivity index (χ3n) is 6.13. The van der Waals surface area contributed by atoms with Crippen molar-refractivity contribution in [2.45, 2.75) is 44.7 Å². The van der Waals surface area contributed by atoms with Gasteiger partial charge in [-0.05, 0) is 75.1 Å². The van der Waals surface area contributed by atoms with E-state index in [1.54, 1.807) is 18.2 Å². The predicted molar refractivity (Wildman–Crippen MR) is 135 cm³/mol. The lowest BCUT2D eigenvalue weighted by atomic mass is 9.97. The molecule has 1 saturated heterocycles. The largest absolute Gasteiger partial charge is 0.507 e. The first-order valence-electron chi connectivity index (χ1n) is 11.3. The minimum atomic E-state index is -4.26. The second kappa shape index (κ2) is 8.84. The van der Waals surface area contributed by atoms with Crippen molar-refractivity contribution in [3.8, 4) is 17.0 Å². The highest BCUT2D eigenvalue weighted by atomic mass is 32.2. The van der Waals surface area contributed by atoms with E-state index in [0.29, 0.717) is 29.5 Å². The zero-order chi connectivity index (χ0) is 25.5. The SMILES string of the molecule is Cc1ccc(-c2ccc(C(=O)NS(=O)(=O)c3cccc(N)n3)c(N3C[C@@H](C)CC3(C)C)n2)c(O)c1. The van der Waals surface area contributed by atoms with Crippen molar-refractivity contribution in [1.82, 2.24) is 14.7 Å². The van der Waals surface area contributed by atoms with Crippen LogP contribution in [0.1, 0.15) is 43.1 Å². The van der Waals surface area contributed by atoms with E-state index in [9.17, 15) is 18.3 Å². The number of benzene rings is 1. The fourth-order valence-electron chi connectivity index (χ4n) is 4.61. The lowest BCUT2D eigenvalue weighted by Gasteiger charge is -2.34. The molecular formula is C25H29N5O4S. The van der Waals surface area contributed by atoms with Gasteiger partial charge in [-0.2, -0.15) is 8.42 Å². The molecule has 1 atom stereocenters. The van der Waals surface area contributed by atoms with Gasteiger partial charge in [0.1, 0.15) is 17.4 Å². The third-order valence-corrected chi connectivity index (χ3v) is 7.36. The molecule has 0 radical (unpaired) electrons. The van der Waals surface area contributed by atoms with E-state index >= 15 is 0 Å². The number of aromatic hydroxyl groups is 1. The maximum Gasteiger partial charge on any atom is 0.281 e. The zero-order valence-corrected chi connectivity index (χ0v) is 20.9. The van der Waals surface area contributed by atoms with Crippen LogP contribution >= 0.6 is 0 Å². The molecule has 1 fully saturated rings. The monoisotopic (exact) mass is 495 g/mol. The van der Waals surface area contributed by atoms with Gasteiger partial charge in [0.05, 0.1) is 11.3 Å². The maximum atomic E-state index is 13.3. The van der Waals surface area contributed by atoms with Crippen LogP contribution in [0.15, 0.2) is 53.6 Å². The molecule has 0 aliphatic carbocycles. The number of carbonyl (C=O) groups is 1. The highest BCUT2D eigenvalue weighted by Crippen LogP contribution is 2.39. The van der Waals surface area contributed by atoms with Crippen LogP contribution in [0.2, 0.25) is 0 Å². The van der Waals surface area contributed by atoms with E-state index in [1.807, 2.05) is 17.9 Å². The number of nitrogens with zero attached hydrogens (tertiary/aromatic N) is 3. The minimum Gasteiger partial charge on any atom is -0.507 e. The molecule has 4 rings (SSSR count). The lowest BCUT2D eigenvalue weighted by molar-refractivity contribution is 0.0981. The fraction of sp³-hybridized carbons (Fsp3) is 0.320. The minimum absolute atomic E-state index is 0.0257. The summed E-state index contributed by atoms with van der Waals surface area (Å²) in [6.07, 6.45) is 0.876. The van der Waals surface area contributed by atoms with Crippen molar-refractivity contribution in [1.29, 1.82) is 0 Å². The molecule has 1 aliphatic heterocycles. The van der Waals surface area contributed by atoms with E-state index in [4.69, 9.17) is 10.7 Å². The van der Waals surface area contributed by atoms with Gasteiger partial charge in [0.2, 0.25) is 0 Å². The zero-order valence-electron chi connectivity index (χ0n) is 20.1. The van der Waals surface area contributed by atoms with Crippen molar-refractivity contribution < 1.29 is 18.3 Å². The van der Waals surface area contributed by atoms with E-state index in [1.165, 1.54) is 24.3 Å². The van der Waals surface area contributed by atoms with Gasteiger partial charge >= 0.3 is 0 Å². The number of nitrogens with one attached hydrogen (secondary N) is 1. The standard InChI is InChI=1S/C25H29N5O4S/c1-15-8-9-17(20(31)12-15)19-11-10-18(23(27-19)30-14-16(2)13-25(30,3)4)24(32)29-35(33,34)22-7-5-6-21(26)28-22/h5-12,16,31H,13-14H2,1-4H3,(H2,26,28)(H,29,32)/t16-/m0/s1. The van der Waals surface area contributed by atoms with Gasteiger partial charge in [-0.1, -0.05) is 19.1 Å². The molecule has 0 unspecified atom stereocenters. The summed E-state index contributed by atoms with van der Waals surface area (Å²) in [5, 5.41) is 10.1. The Balaban J connectivity index is 1.79. The van der Waals surface area contributed by atoms with E-state index < -0.39 is 15.9 Å². The molecule has 1 amide bonds. The number of nitrogen functional groups attached to an aromatic ring is 1. The molecule has 35 heavy (non-hydrogen) atoms. The number of anilines is 2. The van der Waals surface area contributed by atoms with Crippen LogP contribution in [-0.4, -0.2) is 41.5 Å². The average Bonchev–Trinajstić information content (AvgIpc) is 3.04. The van der Waals surface area contributed by atoms with Crippen molar-refractivity contribution in [3.63, 3.8) is 0 Å². The van der Waals surface area contributed by atoms with Crippen molar-refractivity contribution >= 4 is 27.6 Å². The Morgan fingerprint density at radius 3 is 2.54 bits per heavy atom. The highest BCUT2D eigenvalue weighted by molar-refractivity contribution is 7.90. The quantitative estimate of drug-likeness (QED) is 0.489. The topological polar surface area (TPSA) is 139 Å². The first-order chi connectivity index (χ1) is 16.4. The van der Waals surface area contributed by atoms with Crippen LogP contribution in [0.4, 0.5) is 11.6 Å². The van der Waals surface area contributed by atoms with Gasteiger partial charge in [0.15, 0.2) is 5.03 Å². The molecule has 1 aromatic carbocycles. The van der Waals surface area contributed by atoms with E-state index in [-0.39, 0.29) is 27.7 Å². The van der Waals surface area contributed by atoms with Gasteiger partial charge in [-0.3, -0.25) is 4.79 Å². The summed E-state index contributed by atoms with van der Waals surface area (Å²) in [4.78, 5) is 23.9. The molecule has 9 nitrogen and oxygen atoms in total. The molecule has 0 bridgehead atoms. The second-order valence-electron chi connectivity index (χ2n) is 9.66. The number of carbonyl (C=O) groups excluding carboxylic acids is 1. The Morgan fingerprint density at radius 1 is 1.17 bits per heavy atom. The molecule has 3 aromatic rings. The Kier molecular flexibility index (Phi) is 6.18. The first kappa shape index (κ1) is 24.5. The number of phenols is 1. The number of aromatic nitrogens is 2. The summed E-state index contributed by atoms with van der Waals surface area (Å²) in [7, 11) is -4.26. The van der Waals surface area contributed by atoms with Crippen molar-refractivity contribution in [3.05, 3.63) is 59.7 Å². The molecule has 1 aliphatic rings. The van der Waals surface area contributed by atoms with Crippen LogP contribution < -0.4 is 15.4 Å². The summed E-state index contributed by atoms with van der Waals surface area (Å²) in [5.41, 5.74) is 7.30. The number of sulfonamides is 1. The summed E-state index contributed by atoms with van der Waals surface area (Å²) in [6.45, 7) is 8.76. The Morgan fingerprint density at radius 2 is 1.91 bits per heavy atom. The Hall–Kier alpha value is -3.66. The summed E-state index contributed by atoms with van der Waals surface area (Å²) in [6, 6.07) is 12.6. The van der Waals surface area contributed by atoms with Crippen LogP contribution in [0.25, 0.3) is 11.3 Å². The van der Waals surface area contributed by atoms with Crippen molar-refractivity contribution in [2.24, 2.45) is 5.92 Å². The fourth-order valence-corrected chi connectivity index (χ4v) is 5.55. The molecule has 2 aromatic heterocycles. The van der Waals surface area contributed by atoms with E-state index in [2.05, 4.69) is 30.5 Å². The maximum absolute atomic E-state index is 13.3. The van der Waals surface area contributed by atoms with Gasteiger partial charge < -0.3 is 15.7 Å². The Labute approximate surface area is 205 Å².